The molecule has 0 aliphatic heterocycles. The Labute approximate surface area is 133 Å². The van der Waals surface area contributed by atoms with Crippen LogP contribution in [0.4, 0.5) is 0 Å². The van der Waals surface area contributed by atoms with E-state index in [-0.39, 0.29) is 0 Å². The van der Waals surface area contributed by atoms with Crippen molar-refractivity contribution in [1.29, 1.82) is 0 Å². The van der Waals surface area contributed by atoms with Crippen molar-refractivity contribution in [2.75, 3.05) is 20.3 Å². The van der Waals surface area contributed by atoms with Gasteiger partial charge in [0.2, 0.25) is 0 Å². The van der Waals surface area contributed by atoms with E-state index in [2.05, 4.69) is 50.4 Å². The molecule has 0 atom stereocenters. The smallest absolute Gasteiger partial charge is 0.125 e. The fourth-order valence-corrected chi connectivity index (χ4v) is 2.40. The zero-order valence-corrected chi connectivity index (χ0v) is 13.9. The van der Waals surface area contributed by atoms with Crippen LogP contribution in [0.15, 0.2) is 36.4 Å². The highest BCUT2D eigenvalue weighted by molar-refractivity contribution is 5.44. The third kappa shape index (κ3) is 4.25. The predicted molar refractivity (Wildman–Crippen MR) is 90.8 cm³/mol. The summed E-state index contributed by atoms with van der Waals surface area (Å²) >= 11 is 0. The first-order valence-electron chi connectivity index (χ1n) is 7.67. The minimum atomic E-state index is 0.538. The van der Waals surface area contributed by atoms with Crippen LogP contribution in [0.5, 0.6) is 11.5 Å². The first kappa shape index (κ1) is 16.4. The Hall–Kier alpha value is -2.00. The van der Waals surface area contributed by atoms with Crippen LogP contribution in [0.3, 0.4) is 0 Å². The maximum absolute atomic E-state index is 5.91. The van der Waals surface area contributed by atoms with E-state index in [1.165, 1.54) is 22.3 Å². The third-order valence-electron chi connectivity index (χ3n) is 3.75. The summed E-state index contributed by atoms with van der Waals surface area (Å²) in [6.07, 6.45) is 0. The van der Waals surface area contributed by atoms with E-state index < -0.39 is 0 Å². The highest BCUT2D eigenvalue weighted by Gasteiger charge is 2.06. The van der Waals surface area contributed by atoms with E-state index in [1.54, 1.807) is 0 Å². The lowest BCUT2D eigenvalue weighted by molar-refractivity contribution is 0.215. The molecule has 0 spiro atoms. The molecule has 2 aromatic rings. The standard InChI is InChI=1S/C19H25NO2/c1-14-8-9-15(2)19(16(14)3)22-11-10-21-18-7-5-6-17(12-18)13-20-4/h5-9,12,20H,10-11,13H2,1-4H3. The molecule has 2 aromatic carbocycles. The maximum atomic E-state index is 5.91. The molecule has 0 bridgehead atoms. The summed E-state index contributed by atoms with van der Waals surface area (Å²) in [6, 6.07) is 12.3. The zero-order valence-electron chi connectivity index (χ0n) is 13.9. The van der Waals surface area contributed by atoms with Crippen molar-refractivity contribution in [1.82, 2.24) is 5.32 Å². The van der Waals surface area contributed by atoms with Crippen LogP contribution in [0.1, 0.15) is 22.3 Å². The molecule has 0 heterocycles. The fourth-order valence-electron chi connectivity index (χ4n) is 2.40. The predicted octanol–water partition coefficient (Wildman–Crippen LogP) is 3.79. The second-order valence-corrected chi connectivity index (χ2v) is 5.53. The Morgan fingerprint density at radius 3 is 2.41 bits per heavy atom. The van der Waals surface area contributed by atoms with Gasteiger partial charge in [0.25, 0.3) is 0 Å². The lowest BCUT2D eigenvalue weighted by Gasteiger charge is -2.14. The van der Waals surface area contributed by atoms with Gasteiger partial charge in [-0.2, -0.15) is 0 Å². The number of aryl methyl sites for hydroxylation is 2. The van der Waals surface area contributed by atoms with E-state index in [0.717, 1.165) is 18.0 Å². The normalized spacial score (nSPS) is 10.5. The van der Waals surface area contributed by atoms with Gasteiger partial charge in [-0.05, 0) is 62.2 Å². The summed E-state index contributed by atoms with van der Waals surface area (Å²) in [4.78, 5) is 0. The molecule has 3 heteroatoms. The first-order chi connectivity index (χ1) is 10.6. The number of hydrogen-bond donors (Lipinski definition) is 1. The molecule has 0 amide bonds. The fraction of sp³-hybridized carbons (Fsp3) is 0.368. The monoisotopic (exact) mass is 299 g/mol. The molecule has 118 valence electrons. The van der Waals surface area contributed by atoms with Crippen LogP contribution in [0, 0.1) is 20.8 Å². The van der Waals surface area contributed by atoms with Crippen LogP contribution in [-0.2, 0) is 6.54 Å². The van der Waals surface area contributed by atoms with Crippen LogP contribution in [0.2, 0.25) is 0 Å². The molecule has 0 saturated carbocycles. The van der Waals surface area contributed by atoms with Crippen LogP contribution < -0.4 is 14.8 Å². The van der Waals surface area contributed by atoms with Gasteiger partial charge < -0.3 is 14.8 Å². The molecule has 0 saturated heterocycles. The van der Waals surface area contributed by atoms with Gasteiger partial charge in [-0.15, -0.1) is 0 Å². The van der Waals surface area contributed by atoms with Gasteiger partial charge in [0.1, 0.15) is 24.7 Å². The van der Waals surface area contributed by atoms with Gasteiger partial charge in [-0.3, -0.25) is 0 Å². The van der Waals surface area contributed by atoms with E-state index in [9.17, 15) is 0 Å². The summed E-state index contributed by atoms with van der Waals surface area (Å²) in [7, 11) is 1.94. The van der Waals surface area contributed by atoms with Crippen molar-refractivity contribution in [3.63, 3.8) is 0 Å². The molecule has 0 aliphatic rings. The molecule has 22 heavy (non-hydrogen) atoms. The SMILES string of the molecule is CNCc1cccc(OCCOc2c(C)ccc(C)c2C)c1. The second-order valence-electron chi connectivity index (χ2n) is 5.53. The average Bonchev–Trinajstić information content (AvgIpc) is 2.51. The Balaban J connectivity index is 1.87. The number of nitrogens with one attached hydrogen (secondary N) is 1. The summed E-state index contributed by atoms with van der Waals surface area (Å²) in [6.45, 7) is 8.20. The largest absolute Gasteiger partial charge is 0.490 e. The Morgan fingerprint density at radius 1 is 0.909 bits per heavy atom. The van der Waals surface area contributed by atoms with Crippen molar-refractivity contribution in [2.45, 2.75) is 27.3 Å². The molecule has 0 unspecified atom stereocenters. The Bertz CT molecular complexity index is 623. The van der Waals surface area contributed by atoms with Crippen molar-refractivity contribution in [2.24, 2.45) is 0 Å². The summed E-state index contributed by atoms with van der Waals surface area (Å²) in [5.41, 5.74) is 4.84. The molecule has 3 nitrogen and oxygen atoms in total. The minimum absolute atomic E-state index is 0.538. The van der Waals surface area contributed by atoms with Gasteiger partial charge in [0, 0.05) is 6.54 Å². The second kappa shape index (κ2) is 7.85. The van der Waals surface area contributed by atoms with Gasteiger partial charge in [-0.25, -0.2) is 0 Å². The maximum Gasteiger partial charge on any atom is 0.125 e. The third-order valence-corrected chi connectivity index (χ3v) is 3.75. The number of hydrogen-bond acceptors (Lipinski definition) is 3. The molecule has 0 radical (unpaired) electrons. The molecular weight excluding hydrogens is 274 g/mol. The number of benzene rings is 2. The van der Waals surface area contributed by atoms with Gasteiger partial charge >= 0.3 is 0 Å². The van der Waals surface area contributed by atoms with Crippen molar-refractivity contribution in [3.8, 4) is 11.5 Å². The van der Waals surface area contributed by atoms with Crippen LogP contribution >= 0.6 is 0 Å². The lowest BCUT2D eigenvalue weighted by atomic mass is 10.1. The Kier molecular flexibility index (Phi) is 5.84. The topological polar surface area (TPSA) is 30.5 Å². The zero-order chi connectivity index (χ0) is 15.9. The highest BCUT2D eigenvalue weighted by atomic mass is 16.5. The van der Waals surface area contributed by atoms with Gasteiger partial charge in [0.15, 0.2) is 0 Å². The van der Waals surface area contributed by atoms with E-state index >= 15 is 0 Å². The van der Waals surface area contributed by atoms with Crippen molar-refractivity contribution >= 4 is 0 Å². The molecule has 1 N–H and O–H groups in total. The quantitative estimate of drug-likeness (QED) is 0.789. The van der Waals surface area contributed by atoms with Crippen molar-refractivity contribution < 1.29 is 9.47 Å². The van der Waals surface area contributed by atoms with Crippen LogP contribution in [-0.4, -0.2) is 20.3 Å². The molecule has 0 fully saturated rings. The highest BCUT2D eigenvalue weighted by Crippen LogP contribution is 2.25. The van der Waals surface area contributed by atoms with E-state index in [1.807, 2.05) is 19.2 Å². The number of rotatable bonds is 7. The minimum Gasteiger partial charge on any atom is -0.490 e. The number of ether oxygens (including phenoxy) is 2. The summed E-state index contributed by atoms with van der Waals surface area (Å²) < 4.78 is 11.7. The molecule has 0 aliphatic carbocycles. The van der Waals surface area contributed by atoms with Gasteiger partial charge in [0.05, 0.1) is 0 Å². The Morgan fingerprint density at radius 2 is 1.64 bits per heavy atom. The van der Waals surface area contributed by atoms with E-state index in [4.69, 9.17) is 9.47 Å². The summed E-state index contributed by atoms with van der Waals surface area (Å²) in [5, 5.41) is 3.14. The van der Waals surface area contributed by atoms with Crippen LogP contribution in [0.25, 0.3) is 0 Å². The molecule has 2 rings (SSSR count). The summed E-state index contributed by atoms with van der Waals surface area (Å²) in [5.74, 6) is 1.86. The van der Waals surface area contributed by atoms with Crippen molar-refractivity contribution in [3.05, 3.63) is 58.7 Å². The first-order valence-corrected chi connectivity index (χ1v) is 7.67. The lowest BCUT2D eigenvalue weighted by Crippen LogP contribution is -2.11. The molecule has 0 aromatic heterocycles. The molecular formula is C19H25NO2. The average molecular weight is 299 g/mol. The van der Waals surface area contributed by atoms with Gasteiger partial charge in [-0.1, -0.05) is 24.3 Å². The van der Waals surface area contributed by atoms with E-state index in [0.29, 0.717) is 13.2 Å².